The molecule has 0 bridgehead atoms. The van der Waals surface area contributed by atoms with E-state index in [4.69, 9.17) is 4.74 Å². The summed E-state index contributed by atoms with van der Waals surface area (Å²) in [5.74, 6) is 0.845. The predicted molar refractivity (Wildman–Crippen MR) is 97.1 cm³/mol. The number of benzene rings is 1. The summed E-state index contributed by atoms with van der Waals surface area (Å²) < 4.78 is 5.62. The number of rotatable bonds is 3. The Balaban J connectivity index is 1.64. The molecule has 7 heteroatoms. The van der Waals surface area contributed by atoms with Crippen molar-refractivity contribution in [3.63, 3.8) is 0 Å². The number of amides is 3. The second-order valence-electron chi connectivity index (χ2n) is 6.65. The fourth-order valence-electron chi connectivity index (χ4n) is 3.32. The third-order valence-electron chi connectivity index (χ3n) is 4.98. The van der Waals surface area contributed by atoms with Gasteiger partial charge in [-0.3, -0.25) is 14.4 Å². The van der Waals surface area contributed by atoms with Gasteiger partial charge in [0.15, 0.2) is 0 Å². The van der Waals surface area contributed by atoms with Gasteiger partial charge in [0, 0.05) is 39.6 Å². The number of piperazine rings is 1. The average molecular weight is 359 g/mol. The minimum absolute atomic E-state index is 0.00365. The molecule has 3 rings (SSSR count). The van der Waals surface area contributed by atoms with Crippen LogP contribution in [0.2, 0.25) is 0 Å². The highest BCUT2D eigenvalue weighted by Gasteiger charge is 2.24. The number of hydrogen-bond donors (Lipinski definition) is 0. The molecule has 1 fully saturated rings. The average Bonchev–Trinajstić information content (AvgIpc) is 2.80. The Labute approximate surface area is 153 Å². The van der Waals surface area contributed by atoms with Gasteiger partial charge in [-0.05, 0) is 17.7 Å². The van der Waals surface area contributed by atoms with Crippen molar-refractivity contribution < 1.29 is 19.1 Å². The SMILES string of the molecule is CCC(=O)N1CCN(C(=O)Cc2ccc3c(c2)N(C)C(=O)CCO3)CC1. The molecule has 3 amide bonds. The van der Waals surface area contributed by atoms with Gasteiger partial charge in [0.05, 0.1) is 25.1 Å². The van der Waals surface area contributed by atoms with Gasteiger partial charge in [-0.25, -0.2) is 0 Å². The van der Waals surface area contributed by atoms with Crippen molar-refractivity contribution in [1.82, 2.24) is 9.80 Å². The highest BCUT2D eigenvalue weighted by Crippen LogP contribution is 2.31. The van der Waals surface area contributed by atoms with E-state index in [2.05, 4.69) is 0 Å². The second kappa shape index (κ2) is 7.76. The van der Waals surface area contributed by atoms with Crippen LogP contribution in [0.1, 0.15) is 25.3 Å². The molecule has 1 saturated heterocycles. The maximum absolute atomic E-state index is 12.6. The molecule has 140 valence electrons. The van der Waals surface area contributed by atoms with Gasteiger partial charge in [-0.15, -0.1) is 0 Å². The van der Waals surface area contributed by atoms with Crippen LogP contribution in [0, 0.1) is 0 Å². The number of carbonyl (C=O) groups is 3. The van der Waals surface area contributed by atoms with Crippen LogP contribution in [-0.4, -0.2) is 67.4 Å². The molecular formula is C19H25N3O4. The van der Waals surface area contributed by atoms with Crippen LogP contribution < -0.4 is 9.64 Å². The van der Waals surface area contributed by atoms with Crippen LogP contribution in [0.25, 0.3) is 0 Å². The Hall–Kier alpha value is -2.57. The van der Waals surface area contributed by atoms with Crippen LogP contribution >= 0.6 is 0 Å². The van der Waals surface area contributed by atoms with Gasteiger partial charge >= 0.3 is 0 Å². The summed E-state index contributed by atoms with van der Waals surface area (Å²) in [6.07, 6.45) is 1.12. The van der Waals surface area contributed by atoms with Crippen LogP contribution in [0.15, 0.2) is 18.2 Å². The van der Waals surface area contributed by atoms with Crippen LogP contribution in [0.4, 0.5) is 5.69 Å². The van der Waals surface area contributed by atoms with Gasteiger partial charge in [0.1, 0.15) is 5.75 Å². The number of carbonyl (C=O) groups excluding carboxylic acids is 3. The van der Waals surface area contributed by atoms with E-state index < -0.39 is 0 Å². The molecule has 0 aliphatic carbocycles. The summed E-state index contributed by atoms with van der Waals surface area (Å²) >= 11 is 0. The van der Waals surface area contributed by atoms with E-state index in [1.807, 2.05) is 30.0 Å². The standard InChI is InChI=1S/C19H25N3O4/c1-3-17(23)21-7-9-22(10-8-21)19(25)13-14-4-5-16-15(12-14)20(2)18(24)6-11-26-16/h4-5,12H,3,6-11,13H2,1-2H3. The van der Waals surface area contributed by atoms with Crippen molar-refractivity contribution in [2.45, 2.75) is 26.2 Å². The topological polar surface area (TPSA) is 70.2 Å². The number of hydrogen-bond acceptors (Lipinski definition) is 4. The minimum Gasteiger partial charge on any atom is -0.491 e. The van der Waals surface area contributed by atoms with Crippen molar-refractivity contribution in [3.05, 3.63) is 23.8 Å². The van der Waals surface area contributed by atoms with Crippen molar-refractivity contribution in [2.75, 3.05) is 44.7 Å². The van der Waals surface area contributed by atoms with Gasteiger partial charge in [-0.1, -0.05) is 13.0 Å². The maximum atomic E-state index is 12.6. The Bertz CT molecular complexity index is 711. The lowest BCUT2D eigenvalue weighted by molar-refractivity contribution is -0.139. The Kier molecular flexibility index (Phi) is 5.44. The third kappa shape index (κ3) is 3.81. The van der Waals surface area contributed by atoms with E-state index >= 15 is 0 Å². The zero-order chi connectivity index (χ0) is 18.7. The Morgan fingerprint density at radius 1 is 1.08 bits per heavy atom. The molecule has 0 unspecified atom stereocenters. The molecule has 2 heterocycles. The fourth-order valence-corrected chi connectivity index (χ4v) is 3.32. The van der Waals surface area contributed by atoms with Gasteiger partial charge in [-0.2, -0.15) is 0 Å². The van der Waals surface area contributed by atoms with Crippen LogP contribution in [0.3, 0.4) is 0 Å². The first-order valence-electron chi connectivity index (χ1n) is 9.07. The van der Waals surface area contributed by atoms with E-state index in [1.165, 1.54) is 0 Å². The normalized spacial score (nSPS) is 17.5. The molecule has 0 atom stereocenters. The highest BCUT2D eigenvalue weighted by atomic mass is 16.5. The molecule has 1 aromatic rings. The summed E-state index contributed by atoms with van der Waals surface area (Å²) in [5.41, 5.74) is 1.56. The zero-order valence-corrected chi connectivity index (χ0v) is 15.4. The van der Waals surface area contributed by atoms with E-state index in [0.717, 1.165) is 5.56 Å². The van der Waals surface area contributed by atoms with E-state index in [-0.39, 0.29) is 24.1 Å². The predicted octanol–water partition coefficient (Wildman–Crippen LogP) is 1.06. The van der Waals surface area contributed by atoms with Crippen LogP contribution in [-0.2, 0) is 20.8 Å². The first kappa shape index (κ1) is 18.2. The molecule has 0 aromatic heterocycles. The smallest absolute Gasteiger partial charge is 0.230 e. The van der Waals surface area contributed by atoms with Crippen molar-refractivity contribution >= 4 is 23.4 Å². The molecule has 2 aliphatic heterocycles. The summed E-state index contributed by atoms with van der Waals surface area (Å²) in [6.45, 7) is 4.54. The molecule has 1 aromatic carbocycles. The largest absolute Gasteiger partial charge is 0.491 e. The number of anilines is 1. The molecule has 0 saturated carbocycles. The summed E-state index contributed by atoms with van der Waals surface area (Å²) in [7, 11) is 1.73. The molecule has 2 aliphatic rings. The first-order chi connectivity index (χ1) is 12.5. The monoisotopic (exact) mass is 359 g/mol. The first-order valence-corrected chi connectivity index (χ1v) is 9.07. The molecule has 0 N–H and O–H groups in total. The summed E-state index contributed by atoms with van der Waals surface area (Å²) in [6, 6.07) is 5.55. The summed E-state index contributed by atoms with van der Waals surface area (Å²) in [5, 5.41) is 0. The Morgan fingerprint density at radius 3 is 2.38 bits per heavy atom. The minimum atomic E-state index is 0.00365. The lowest BCUT2D eigenvalue weighted by Crippen LogP contribution is -2.50. The van der Waals surface area contributed by atoms with Crippen molar-refractivity contribution in [2.24, 2.45) is 0 Å². The van der Waals surface area contributed by atoms with E-state index in [9.17, 15) is 14.4 Å². The fraction of sp³-hybridized carbons (Fsp3) is 0.526. The highest BCUT2D eigenvalue weighted by molar-refractivity contribution is 5.95. The number of nitrogens with zero attached hydrogens (tertiary/aromatic N) is 3. The van der Waals surface area contributed by atoms with E-state index in [1.54, 1.807) is 16.8 Å². The molecule has 7 nitrogen and oxygen atoms in total. The molecule has 26 heavy (non-hydrogen) atoms. The second-order valence-corrected chi connectivity index (χ2v) is 6.65. The van der Waals surface area contributed by atoms with Gasteiger partial charge in [0.25, 0.3) is 0 Å². The molecular weight excluding hydrogens is 334 g/mol. The third-order valence-corrected chi connectivity index (χ3v) is 4.98. The lowest BCUT2D eigenvalue weighted by Gasteiger charge is -2.34. The van der Waals surface area contributed by atoms with Crippen molar-refractivity contribution in [3.8, 4) is 5.75 Å². The van der Waals surface area contributed by atoms with E-state index in [0.29, 0.717) is 57.1 Å². The molecule has 0 radical (unpaired) electrons. The van der Waals surface area contributed by atoms with Crippen molar-refractivity contribution in [1.29, 1.82) is 0 Å². The van der Waals surface area contributed by atoms with Crippen LogP contribution in [0.5, 0.6) is 5.75 Å². The number of ether oxygens (including phenoxy) is 1. The molecule has 0 spiro atoms. The van der Waals surface area contributed by atoms with Gasteiger partial charge in [0.2, 0.25) is 17.7 Å². The quantitative estimate of drug-likeness (QED) is 0.809. The zero-order valence-electron chi connectivity index (χ0n) is 15.4. The Morgan fingerprint density at radius 2 is 1.73 bits per heavy atom. The summed E-state index contributed by atoms with van der Waals surface area (Å²) in [4.78, 5) is 41.5. The lowest BCUT2D eigenvalue weighted by atomic mass is 10.1. The van der Waals surface area contributed by atoms with Gasteiger partial charge < -0.3 is 19.4 Å². The number of fused-ring (bicyclic) bond motifs is 1. The maximum Gasteiger partial charge on any atom is 0.230 e.